The highest BCUT2D eigenvalue weighted by molar-refractivity contribution is 7.99. The maximum Gasteiger partial charge on any atom is 0.223 e. The zero-order chi connectivity index (χ0) is 18.4. The van der Waals surface area contributed by atoms with Crippen LogP contribution in [0.5, 0.6) is 11.5 Å². The number of thioether (sulfide) groups is 1. The van der Waals surface area contributed by atoms with Crippen LogP contribution in [0.3, 0.4) is 0 Å². The van der Waals surface area contributed by atoms with Crippen molar-refractivity contribution in [2.24, 2.45) is 5.92 Å². The van der Waals surface area contributed by atoms with Crippen LogP contribution < -0.4 is 14.8 Å². The molecular weight excluding hydrogens is 348 g/mol. The van der Waals surface area contributed by atoms with E-state index in [4.69, 9.17) is 9.47 Å². The zero-order valence-corrected chi connectivity index (χ0v) is 16.6. The van der Waals surface area contributed by atoms with E-state index in [2.05, 4.69) is 5.32 Å². The molecule has 1 saturated heterocycles. The van der Waals surface area contributed by atoms with E-state index in [0.717, 1.165) is 54.0 Å². The topological polar surface area (TPSA) is 50.8 Å². The van der Waals surface area contributed by atoms with Crippen molar-refractivity contribution in [3.05, 3.63) is 18.2 Å². The van der Waals surface area contributed by atoms with Gasteiger partial charge < -0.3 is 19.7 Å². The number of nitrogens with zero attached hydrogens (tertiary/aromatic N) is 1. The number of hydrogen-bond donors (Lipinski definition) is 1. The van der Waals surface area contributed by atoms with Crippen molar-refractivity contribution in [2.45, 2.75) is 43.0 Å². The second kappa shape index (κ2) is 9.51. The quantitative estimate of drug-likeness (QED) is 0.669. The van der Waals surface area contributed by atoms with Gasteiger partial charge in [-0.05, 0) is 56.3 Å². The van der Waals surface area contributed by atoms with Crippen LogP contribution in [0.4, 0.5) is 0 Å². The van der Waals surface area contributed by atoms with Crippen LogP contribution in [0.25, 0.3) is 0 Å². The summed E-state index contributed by atoms with van der Waals surface area (Å²) in [6.45, 7) is 2.95. The summed E-state index contributed by atoms with van der Waals surface area (Å²) in [5.74, 6) is 3.44. The van der Waals surface area contributed by atoms with Gasteiger partial charge in [0, 0.05) is 36.2 Å². The molecule has 0 atom stereocenters. The third-order valence-electron chi connectivity index (χ3n) is 5.18. The highest BCUT2D eigenvalue weighted by Crippen LogP contribution is 2.32. The molecule has 144 valence electrons. The first-order valence-electron chi connectivity index (χ1n) is 9.55. The molecule has 1 aliphatic heterocycles. The van der Waals surface area contributed by atoms with Gasteiger partial charge in [0.2, 0.25) is 5.91 Å². The number of benzene rings is 1. The molecule has 0 radical (unpaired) electrons. The SMILES string of the molecule is COc1ccc(SCCC(=O)N2CCC(NCC3CC3)CC2)cc1OC. The van der Waals surface area contributed by atoms with Crippen LogP contribution in [0.2, 0.25) is 0 Å². The van der Waals surface area contributed by atoms with Crippen LogP contribution in [-0.2, 0) is 4.79 Å². The summed E-state index contributed by atoms with van der Waals surface area (Å²) in [6, 6.07) is 6.47. The fraction of sp³-hybridized carbons (Fsp3) is 0.650. The Morgan fingerprint density at radius 2 is 1.88 bits per heavy atom. The van der Waals surface area contributed by atoms with E-state index < -0.39 is 0 Å². The summed E-state index contributed by atoms with van der Waals surface area (Å²) in [5.41, 5.74) is 0. The highest BCUT2D eigenvalue weighted by atomic mass is 32.2. The smallest absolute Gasteiger partial charge is 0.223 e. The predicted octanol–water partition coefficient (Wildman–Crippen LogP) is 3.18. The number of hydrogen-bond acceptors (Lipinski definition) is 5. The molecule has 6 heteroatoms. The van der Waals surface area contributed by atoms with Crippen molar-refractivity contribution in [2.75, 3.05) is 39.6 Å². The molecule has 2 fully saturated rings. The van der Waals surface area contributed by atoms with Gasteiger partial charge in [0.1, 0.15) is 0 Å². The Labute approximate surface area is 160 Å². The summed E-state index contributed by atoms with van der Waals surface area (Å²) >= 11 is 1.68. The lowest BCUT2D eigenvalue weighted by Crippen LogP contribution is -2.45. The molecule has 1 heterocycles. The maximum atomic E-state index is 12.4. The van der Waals surface area contributed by atoms with E-state index >= 15 is 0 Å². The molecule has 3 rings (SSSR count). The average Bonchev–Trinajstić information content (AvgIpc) is 3.51. The molecule has 0 aromatic heterocycles. The third kappa shape index (κ3) is 5.55. The molecular formula is C20H30N2O3S. The molecule has 1 aromatic rings. The van der Waals surface area contributed by atoms with Crippen LogP contribution in [0.15, 0.2) is 23.1 Å². The van der Waals surface area contributed by atoms with Crippen molar-refractivity contribution in [1.29, 1.82) is 0 Å². The average molecular weight is 379 g/mol. The summed E-state index contributed by atoms with van der Waals surface area (Å²) in [5, 5.41) is 3.66. The zero-order valence-electron chi connectivity index (χ0n) is 15.8. The van der Waals surface area contributed by atoms with Crippen LogP contribution in [0.1, 0.15) is 32.1 Å². The molecule has 1 aromatic carbocycles. The maximum absolute atomic E-state index is 12.4. The van der Waals surface area contributed by atoms with E-state index in [1.54, 1.807) is 26.0 Å². The van der Waals surface area contributed by atoms with Gasteiger partial charge in [0.05, 0.1) is 14.2 Å². The molecule has 1 amide bonds. The Balaban J connectivity index is 1.36. The number of amides is 1. The second-order valence-corrected chi connectivity index (χ2v) is 8.29. The Morgan fingerprint density at radius 3 is 2.54 bits per heavy atom. The normalized spacial score (nSPS) is 18.0. The summed E-state index contributed by atoms with van der Waals surface area (Å²) in [7, 11) is 3.27. The lowest BCUT2D eigenvalue weighted by Gasteiger charge is -2.32. The van der Waals surface area contributed by atoms with Crippen molar-refractivity contribution in [3.63, 3.8) is 0 Å². The van der Waals surface area contributed by atoms with Gasteiger partial charge in [-0.3, -0.25) is 4.79 Å². The first kappa shape index (κ1) is 19.4. The number of ether oxygens (including phenoxy) is 2. The minimum Gasteiger partial charge on any atom is -0.493 e. The number of carbonyl (C=O) groups is 1. The van der Waals surface area contributed by atoms with E-state index in [1.165, 1.54) is 19.4 Å². The van der Waals surface area contributed by atoms with Gasteiger partial charge in [-0.2, -0.15) is 0 Å². The lowest BCUT2D eigenvalue weighted by atomic mass is 10.0. The van der Waals surface area contributed by atoms with Crippen molar-refractivity contribution in [1.82, 2.24) is 10.2 Å². The number of carbonyl (C=O) groups excluding carboxylic acids is 1. The first-order valence-corrected chi connectivity index (χ1v) is 10.5. The Hall–Kier alpha value is -1.40. The molecule has 1 N–H and O–H groups in total. The monoisotopic (exact) mass is 378 g/mol. The van der Waals surface area contributed by atoms with Crippen molar-refractivity contribution in [3.8, 4) is 11.5 Å². The number of nitrogens with one attached hydrogen (secondary N) is 1. The molecule has 1 aliphatic carbocycles. The van der Waals surface area contributed by atoms with Crippen molar-refractivity contribution >= 4 is 17.7 Å². The number of methoxy groups -OCH3 is 2. The van der Waals surface area contributed by atoms with Crippen LogP contribution in [-0.4, -0.2) is 56.5 Å². The fourth-order valence-corrected chi connectivity index (χ4v) is 4.18. The molecule has 26 heavy (non-hydrogen) atoms. The standard InChI is InChI=1S/C20H30N2O3S/c1-24-18-6-5-17(13-19(18)25-2)26-12-9-20(23)22-10-7-16(8-11-22)21-14-15-3-4-15/h5-6,13,15-16,21H,3-4,7-12,14H2,1-2H3. The Bertz CT molecular complexity index is 599. The van der Waals surface area contributed by atoms with Crippen LogP contribution in [0, 0.1) is 5.92 Å². The van der Waals surface area contributed by atoms with Gasteiger partial charge in [-0.15, -0.1) is 11.8 Å². The van der Waals surface area contributed by atoms with E-state index in [9.17, 15) is 4.79 Å². The molecule has 5 nitrogen and oxygen atoms in total. The fourth-order valence-electron chi connectivity index (χ4n) is 3.31. The number of likely N-dealkylation sites (tertiary alicyclic amines) is 1. The second-order valence-electron chi connectivity index (χ2n) is 7.12. The predicted molar refractivity (Wildman–Crippen MR) is 105 cm³/mol. The molecule has 2 aliphatic rings. The molecule has 1 saturated carbocycles. The number of piperidine rings is 1. The van der Waals surface area contributed by atoms with Gasteiger partial charge in [0.25, 0.3) is 0 Å². The van der Waals surface area contributed by atoms with Crippen LogP contribution >= 0.6 is 11.8 Å². The van der Waals surface area contributed by atoms with Gasteiger partial charge in [-0.1, -0.05) is 0 Å². The minimum absolute atomic E-state index is 0.276. The van der Waals surface area contributed by atoms with Crippen molar-refractivity contribution < 1.29 is 14.3 Å². The summed E-state index contributed by atoms with van der Waals surface area (Å²) in [6.07, 6.45) is 5.53. The summed E-state index contributed by atoms with van der Waals surface area (Å²) in [4.78, 5) is 15.6. The van der Waals surface area contributed by atoms with Gasteiger partial charge in [0.15, 0.2) is 11.5 Å². The highest BCUT2D eigenvalue weighted by Gasteiger charge is 2.25. The van der Waals surface area contributed by atoms with E-state index in [1.807, 2.05) is 23.1 Å². The molecule has 0 unspecified atom stereocenters. The number of rotatable bonds is 9. The minimum atomic E-state index is 0.276. The largest absolute Gasteiger partial charge is 0.493 e. The Morgan fingerprint density at radius 1 is 1.15 bits per heavy atom. The lowest BCUT2D eigenvalue weighted by molar-refractivity contribution is -0.131. The molecule has 0 bridgehead atoms. The van der Waals surface area contributed by atoms with E-state index in [0.29, 0.717) is 12.5 Å². The Kier molecular flexibility index (Phi) is 7.08. The first-order chi connectivity index (χ1) is 12.7. The molecule has 0 spiro atoms. The van der Waals surface area contributed by atoms with Gasteiger partial charge in [-0.25, -0.2) is 0 Å². The van der Waals surface area contributed by atoms with E-state index in [-0.39, 0.29) is 5.91 Å². The summed E-state index contributed by atoms with van der Waals surface area (Å²) < 4.78 is 10.6. The third-order valence-corrected chi connectivity index (χ3v) is 6.17. The van der Waals surface area contributed by atoms with Gasteiger partial charge >= 0.3 is 0 Å².